The van der Waals surface area contributed by atoms with E-state index < -0.39 is 23.3 Å². The Hall–Kier alpha value is -1.06. The zero-order valence-electron chi connectivity index (χ0n) is 7.78. The van der Waals surface area contributed by atoms with Crippen molar-refractivity contribution in [2.75, 3.05) is 0 Å². The predicted octanol–water partition coefficient (Wildman–Crippen LogP) is 1.21. The third kappa shape index (κ3) is 1.66. The highest BCUT2D eigenvalue weighted by Crippen LogP contribution is 2.60. The molecule has 2 atom stereocenters. The first-order chi connectivity index (χ1) is 5.90. The van der Waals surface area contributed by atoms with E-state index in [2.05, 4.69) is 0 Å². The van der Waals surface area contributed by atoms with Gasteiger partial charge in [-0.25, -0.2) is 0 Å². The van der Waals surface area contributed by atoms with Crippen molar-refractivity contribution in [2.24, 2.45) is 17.3 Å². The van der Waals surface area contributed by atoms with E-state index in [1.165, 1.54) is 0 Å². The Morgan fingerprint density at radius 2 is 2.00 bits per heavy atom. The summed E-state index contributed by atoms with van der Waals surface area (Å²) in [5.41, 5.74) is -0.488. The van der Waals surface area contributed by atoms with Gasteiger partial charge in [0.2, 0.25) is 0 Å². The highest BCUT2D eigenvalue weighted by atomic mass is 16.4. The van der Waals surface area contributed by atoms with Crippen LogP contribution in [0, 0.1) is 17.3 Å². The van der Waals surface area contributed by atoms with Crippen LogP contribution < -0.4 is 0 Å². The van der Waals surface area contributed by atoms with Crippen molar-refractivity contribution < 1.29 is 19.8 Å². The first kappa shape index (κ1) is 10.0. The van der Waals surface area contributed by atoms with E-state index in [1.54, 1.807) is 0 Å². The minimum absolute atomic E-state index is 0.0262. The van der Waals surface area contributed by atoms with Crippen LogP contribution in [0.25, 0.3) is 0 Å². The van der Waals surface area contributed by atoms with Gasteiger partial charge in [0.05, 0.1) is 12.3 Å². The standard InChI is InChI=1S/C9H14O4/c1-5(2)9(4-7(10)11)3-6(9)8(12)13/h5-6H,3-4H2,1-2H3,(H,10,11)(H,12,13). The normalized spacial score (nSPS) is 31.8. The minimum atomic E-state index is -0.905. The van der Waals surface area contributed by atoms with E-state index in [1.807, 2.05) is 13.8 Å². The molecular weight excluding hydrogens is 172 g/mol. The Morgan fingerprint density at radius 3 is 2.23 bits per heavy atom. The van der Waals surface area contributed by atoms with E-state index >= 15 is 0 Å². The van der Waals surface area contributed by atoms with Crippen molar-refractivity contribution >= 4 is 11.9 Å². The summed E-state index contributed by atoms with van der Waals surface area (Å²) in [6.45, 7) is 3.76. The van der Waals surface area contributed by atoms with Gasteiger partial charge in [-0.1, -0.05) is 13.8 Å². The molecule has 2 unspecified atom stereocenters. The lowest BCUT2D eigenvalue weighted by Crippen LogP contribution is -2.20. The van der Waals surface area contributed by atoms with E-state index in [-0.39, 0.29) is 12.3 Å². The summed E-state index contributed by atoms with van der Waals surface area (Å²) >= 11 is 0. The van der Waals surface area contributed by atoms with E-state index in [4.69, 9.17) is 10.2 Å². The molecule has 13 heavy (non-hydrogen) atoms. The number of carboxylic acid groups (broad SMARTS) is 2. The average Bonchev–Trinajstić information content (AvgIpc) is 2.62. The van der Waals surface area contributed by atoms with Crippen LogP contribution in [0.15, 0.2) is 0 Å². The fourth-order valence-electron chi connectivity index (χ4n) is 1.97. The largest absolute Gasteiger partial charge is 0.481 e. The van der Waals surface area contributed by atoms with Crippen molar-refractivity contribution in [2.45, 2.75) is 26.7 Å². The molecule has 0 spiro atoms. The SMILES string of the molecule is CC(C)C1(CC(=O)O)CC1C(=O)O. The molecule has 0 aromatic heterocycles. The van der Waals surface area contributed by atoms with Crippen LogP contribution >= 0.6 is 0 Å². The summed E-state index contributed by atoms with van der Waals surface area (Å²) < 4.78 is 0. The maximum absolute atomic E-state index is 10.7. The van der Waals surface area contributed by atoms with Gasteiger partial charge in [0.25, 0.3) is 0 Å². The summed E-state index contributed by atoms with van der Waals surface area (Å²) in [6, 6.07) is 0. The average molecular weight is 186 g/mol. The quantitative estimate of drug-likeness (QED) is 0.692. The zero-order valence-corrected chi connectivity index (χ0v) is 7.78. The van der Waals surface area contributed by atoms with E-state index in [9.17, 15) is 9.59 Å². The molecule has 1 aliphatic carbocycles. The highest BCUT2D eigenvalue weighted by molar-refractivity contribution is 5.78. The van der Waals surface area contributed by atoms with Gasteiger partial charge in [0.15, 0.2) is 0 Å². The summed E-state index contributed by atoms with van der Waals surface area (Å²) in [5.74, 6) is -2.11. The Kier molecular flexibility index (Phi) is 2.32. The molecule has 0 saturated heterocycles. The maximum atomic E-state index is 10.7. The first-order valence-corrected chi connectivity index (χ1v) is 4.35. The molecule has 0 radical (unpaired) electrons. The smallest absolute Gasteiger partial charge is 0.307 e. The second-order valence-electron chi connectivity index (χ2n) is 4.05. The predicted molar refractivity (Wildman–Crippen MR) is 45.3 cm³/mol. The molecular formula is C9H14O4. The molecule has 74 valence electrons. The number of carbonyl (C=O) groups is 2. The van der Waals surface area contributed by atoms with Crippen LogP contribution in [0.5, 0.6) is 0 Å². The summed E-state index contributed by atoms with van der Waals surface area (Å²) in [5, 5.41) is 17.4. The lowest BCUT2D eigenvalue weighted by atomic mass is 9.86. The lowest BCUT2D eigenvalue weighted by molar-refractivity contribution is -0.141. The fourth-order valence-corrected chi connectivity index (χ4v) is 1.97. The van der Waals surface area contributed by atoms with Gasteiger partial charge in [-0.3, -0.25) is 9.59 Å². The van der Waals surface area contributed by atoms with Crippen molar-refractivity contribution in [1.29, 1.82) is 0 Å². The van der Waals surface area contributed by atoms with Crippen LogP contribution in [0.4, 0.5) is 0 Å². The van der Waals surface area contributed by atoms with Gasteiger partial charge in [-0.2, -0.15) is 0 Å². The molecule has 0 aliphatic heterocycles. The summed E-state index contributed by atoms with van der Waals surface area (Å²) in [6.07, 6.45) is 0.480. The van der Waals surface area contributed by atoms with Gasteiger partial charge in [-0.15, -0.1) is 0 Å². The van der Waals surface area contributed by atoms with Crippen LogP contribution in [0.1, 0.15) is 26.7 Å². The molecule has 0 aromatic rings. The number of carboxylic acids is 2. The molecule has 2 N–H and O–H groups in total. The molecule has 1 saturated carbocycles. The molecule has 0 aromatic carbocycles. The van der Waals surface area contributed by atoms with Crippen molar-refractivity contribution in [3.63, 3.8) is 0 Å². The molecule has 1 fully saturated rings. The van der Waals surface area contributed by atoms with E-state index in [0.29, 0.717) is 6.42 Å². The van der Waals surface area contributed by atoms with Gasteiger partial charge >= 0.3 is 11.9 Å². The van der Waals surface area contributed by atoms with Gasteiger partial charge in [0, 0.05) is 0 Å². The van der Waals surface area contributed by atoms with Crippen molar-refractivity contribution in [3.8, 4) is 0 Å². The Labute approximate surface area is 76.6 Å². The highest BCUT2D eigenvalue weighted by Gasteiger charge is 2.60. The molecule has 1 rings (SSSR count). The fraction of sp³-hybridized carbons (Fsp3) is 0.778. The Morgan fingerprint density at radius 1 is 1.46 bits per heavy atom. The van der Waals surface area contributed by atoms with Crippen LogP contribution in [0.2, 0.25) is 0 Å². The molecule has 4 nitrogen and oxygen atoms in total. The Bertz CT molecular complexity index is 246. The van der Waals surface area contributed by atoms with Crippen molar-refractivity contribution in [3.05, 3.63) is 0 Å². The number of hydrogen-bond donors (Lipinski definition) is 2. The van der Waals surface area contributed by atoms with Crippen molar-refractivity contribution in [1.82, 2.24) is 0 Å². The van der Waals surface area contributed by atoms with Crippen LogP contribution in [-0.4, -0.2) is 22.2 Å². The molecule has 0 bridgehead atoms. The van der Waals surface area contributed by atoms with Gasteiger partial charge in [-0.05, 0) is 17.8 Å². The monoisotopic (exact) mass is 186 g/mol. The third-order valence-corrected chi connectivity index (χ3v) is 3.05. The molecule has 0 heterocycles. The summed E-state index contributed by atoms with van der Waals surface area (Å²) in [7, 11) is 0. The number of rotatable bonds is 4. The minimum Gasteiger partial charge on any atom is -0.481 e. The van der Waals surface area contributed by atoms with Crippen LogP contribution in [-0.2, 0) is 9.59 Å². The molecule has 1 aliphatic rings. The lowest BCUT2D eigenvalue weighted by Gasteiger charge is -2.17. The molecule has 0 amide bonds. The topological polar surface area (TPSA) is 74.6 Å². The first-order valence-electron chi connectivity index (χ1n) is 4.35. The van der Waals surface area contributed by atoms with Gasteiger partial charge < -0.3 is 10.2 Å². The zero-order chi connectivity index (χ0) is 10.2. The van der Waals surface area contributed by atoms with Gasteiger partial charge in [0.1, 0.15) is 0 Å². The van der Waals surface area contributed by atoms with Crippen LogP contribution in [0.3, 0.4) is 0 Å². The summed E-state index contributed by atoms with van der Waals surface area (Å²) in [4.78, 5) is 21.2. The van der Waals surface area contributed by atoms with E-state index in [0.717, 1.165) is 0 Å². The third-order valence-electron chi connectivity index (χ3n) is 3.05. The number of aliphatic carboxylic acids is 2. The Balaban J connectivity index is 2.71. The molecule has 4 heteroatoms. The maximum Gasteiger partial charge on any atom is 0.307 e. The second kappa shape index (κ2) is 3.01. The number of hydrogen-bond acceptors (Lipinski definition) is 2. The second-order valence-corrected chi connectivity index (χ2v) is 4.05.